The van der Waals surface area contributed by atoms with Crippen molar-refractivity contribution in [2.45, 2.75) is 25.9 Å². The third-order valence-electron chi connectivity index (χ3n) is 5.51. The molecule has 0 bridgehead atoms. The first-order valence-electron chi connectivity index (χ1n) is 9.57. The van der Waals surface area contributed by atoms with Crippen LogP contribution in [0.3, 0.4) is 0 Å². The topological polar surface area (TPSA) is 43.2 Å². The van der Waals surface area contributed by atoms with E-state index in [1.54, 1.807) is 6.20 Å². The number of anilines is 1. The molecule has 27 heavy (non-hydrogen) atoms. The van der Waals surface area contributed by atoms with Crippen LogP contribution in [0, 0.1) is 11.3 Å². The summed E-state index contributed by atoms with van der Waals surface area (Å²) in [5, 5.41) is 10.7. The Morgan fingerprint density at radius 1 is 1.04 bits per heavy atom. The molecule has 136 valence electrons. The van der Waals surface area contributed by atoms with Gasteiger partial charge in [0.2, 0.25) is 0 Å². The van der Waals surface area contributed by atoms with E-state index in [0.717, 1.165) is 49.2 Å². The number of nitriles is 1. The molecule has 4 heteroatoms. The van der Waals surface area contributed by atoms with Crippen molar-refractivity contribution >= 4 is 16.6 Å². The van der Waals surface area contributed by atoms with Gasteiger partial charge in [-0.1, -0.05) is 48.5 Å². The van der Waals surface area contributed by atoms with Gasteiger partial charge in [-0.25, -0.2) is 0 Å². The highest BCUT2D eigenvalue weighted by molar-refractivity contribution is 5.94. The molecule has 2 heterocycles. The normalized spacial score (nSPS) is 18.2. The van der Waals surface area contributed by atoms with Crippen LogP contribution in [-0.4, -0.2) is 35.6 Å². The number of benzene rings is 2. The third kappa shape index (κ3) is 3.65. The van der Waals surface area contributed by atoms with Gasteiger partial charge in [0.05, 0.1) is 16.8 Å². The van der Waals surface area contributed by atoms with E-state index in [9.17, 15) is 5.26 Å². The zero-order valence-corrected chi connectivity index (χ0v) is 15.7. The number of nitrogens with zero attached hydrogens (tertiary/aromatic N) is 4. The zero-order valence-electron chi connectivity index (χ0n) is 15.7. The number of hydrogen-bond donors (Lipinski definition) is 0. The number of fused-ring (bicyclic) bond motifs is 1. The molecule has 1 saturated heterocycles. The molecule has 1 fully saturated rings. The Bertz CT molecular complexity index is 961. The number of aromatic nitrogens is 1. The second-order valence-corrected chi connectivity index (χ2v) is 7.23. The minimum absolute atomic E-state index is 0.508. The molecule has 0 N–H and O–H groups in total. The van der Waals surface area contributed by atoms with E-state index in [-0.39, 0.29) is 0 Å². The molecule has 1 aromatic heterocycles. The van der Waals surface area contributed by atoms with Gasteiger partial charge in [-0.05, 0) is 25.0 Å². The molecule has 1 unspecified atom stereocenters. The van der Waals surface area contributed by atoms with Crippen LogP contribution in [0.2, 0.25) is 0 Å². The second-order valence-electron chi connectivity index (χ2n) is 7.23. The maximum Gasteiger partial charge on any atom is 0.103 e. The summed E-state index contributed by atoms with van der Waals surface area (Å²) >= 11 is 0. The van der Waals surface area contributed by atoms with Crippen LogP contribution in [0.5, 0.6) is 0 Å². The minimum atomic E-state index is 0.508. The SMILES string of the molecule is CC1CCN(c2c(C#N)cnc3ccccc23)CCN1Cc1ccccc1. The van der Waals surface area contributed by atoms with E-state index in [4.69, 9.17) is 0 Å². The van der Waals surface area contributed by atoms with Gasteiger partial charge in [-0.2, -0.15) is 5.26 Å². The summed E-state index contributed by atoms with van der Waals surface area (Å²) < 4.78 is 0. The summed E-state index contributed by atoms with van der Waals surface area (Å²) in [5.74, 6) is 0. The minimum Gasteiger partial charge on any atom is -0.369 e. The van der Waals surface area contributed by atoms with Crippen LogP contribution in [0.15, 0.2) is 60.8 Å². The van der Waals surface area contributed by atoms with E-state index in [1.807, 2.05) is 18.2 Å². The molecule has 0 spiro atoms. The smallest absolute Gasteiger partial charge is 0.103 e. The highest BCUT2D eigenvalue weighted by Gasteiger charge is 2.24. The average molecular weight is 356 g/mol. The monoisotopic (exact) mass is 356 g/mol. The van der Waals surface area contributed by atoms with Crippen LogP contribution in [0.4, 0.5) is 5.69 Å². The average Bonchev–Trinajstić information content (AvgIpc) is 2.90. The molecule has 1 atom stereocenters. The van der Waals surface area contributed by atoms with Gasteiger partial charge in [0.25, 0.3) is 0 Å². The zero-order chi connectivity index (χ0) is 18.6. The fourth-order valence-electron chi connectivity index (χ4n) is 3.93. The maximum absolute atomic E-state index is 9.65. The summed E-state index contributed by atoms with van der Waals surface area (Å²) in [5.41, 5.74) is 4.00. The molecule has 3 aromatic rings. The highest BCUT2D eigenvalue weighted by atomic mass is 15.2. The van der Waals surface area contributed by atoms with Crippen molar-refractivity contribution in [3.63, 3.8) is 0 Å². The molecule has 4 rings (SSSR count). The van der Waals surface area contributed by atoms with Gasteiger partial charge in [-0.3, -0.25) is 9.88 Å². The van der Waals surface area contributed by atoms with Gasteiger partial charge in [0.1, 0.15) is 6.07 Å². The molecule has 0 aliphatic carbocycles. The van der Waals surface area contributed by atoms with E-state index in [2.05, 4.69) is 64.2 Å². The van der Waals surface area contributed by atoms with Gasteiger partial charge in [0.15, 0.2) is 0 Å². The van der Waals surface area contributed by atoms with Crippen molar-refractivity contribution in [1.29, 1.82) is 5.26 Å². The first-order valence-corrected chi connectivity index (χ1v) is 9.57. The van der Waals surface area contributed by atoms with Crippen molar-refractivity contribution in [2.75, 3.05) is 24.5 Å². The quantitative estimate of drug-likeness (QED) is 0.705. The Hall–Kier alpha value is -2.90. The van der Waals surface area contributed by atoms with Gasteiger partial charge in [-0.15, -0.1) is 0 Å². The Labute approximate surface area is 160 Å². The predicted molar refractivity (Wildman–Crippen MR) is 110 cm³/mol. The van der Waals surface area contributed by atoms with Crippen molar-refractivity contribution in [2.24, 2.45) is 0 Å². The summed E-state index contributed by atoms with van der Waals surface area (Å²) in [4.78, 5) is 9.38. The van der Waals surface area contributed by atoms with E-state index in [1.165, 1.54) is 5.56 Å². The Morgan fingerprint density at radius 2 is 1.81 bits per heavy atom. The highest BCUT2D eigenvalue weighted by Crippen LogP contribution is 2.30. The summed E-state index contributed by atoms with van der Waals surface area (Å²) in [6.07, 6.45) is 2.79. The van der Waals surface area contributed by atoms with E-state index < -0.39 is 0 Å². The Balaban J connectivity index is 1.61. The molecule has 1 aliphatic rings. The molecule has 0 saturated carbocycles. The summed E-state index contributed by atoms with van der Waals surface area (Å²) in [6.45, 7) is 6.13. The number of rotatable bonds is 3. The molecule has 4 nitrogen and oxygen atoms in total. The fourth-order valence-corrected chi connectivity index (χ4v) is 3.93. The van der Waals surface area contributed by atoms with Crippen molar-refractivity contribution in [3.8, 4) is 6.07 Å². The van der Waals surface area contributed by atoms with Crippen LogP contribution < -0.4 is 4.90 Å². The van der Waals surface area contributed by atoms with Crippen LogP contribution in [0.1, 0.15) is 24.5 Å². The van der Waals surface area contributed by atoms with E-state index >= 15 is 0 Å². The molecule has 0 radical (unpaired) electrons. The number of para-hydroxylation sites is 1. The number of pyridine rings is 1. The lowest BCUT2D eigenvalue weighted by molar-refractivity contribution is 0.212. The third-order valence-corrected chi connectivity index (χ3v) is 5.51. The lowest BCUT2D eigenvalue weighted by Crippen LogP contribution is -2.34. The first-order chi connectivity index (χ1) is 13.3. The lowest BCUT2D eigenvalue weighted by Gasteiger charge is -2.27. The van der Waals surface area contributed by atoms with Crippen LogP contribution >= 0.6 is 0 Å². The van der Waals surface area contributed by atoms with Crippen molar-refractivity contribution < 1.29 is 0 Å². The van der Waals surface area contributed by atoms with Gasteiger partial charge >= 0.3 is 0 Å². The Morgan fingerprint density at radius 3 is 2.63 bits per heavy atom. The van der Waals surface area contributed by atoms with Gasteiger partial charge in [0, 0.05) is 43.8 Å². The van der Waals surface area contributed by atoms with Crippen molar-refractivity contribution in [3.05, 3.63) is 71.9 Å². The standard InChI is InChI=1S/C23H24N4/c1-18-11-12-26(13-14-27(18)17-19-7-3-2-4-8-19)23-20(15-24)16-25-22-10-6-5-9-21(22)23/h2-10,16,18H,11-14,17H2,1H3. The van der Waals surface area contributed by atoms with Gasteiger partial charge < -0.3 is 4.90 Å². The Kier molecular flexibility index (Phi) is 5.04. The molecular formula is C23H24N4. The largest absolute Gasteiger partial charge is 0.369 e. The first kappa shape index (κ1) is 17.5. The summed E-state index contributed by atoms with van der Waals surface area (Å²) in [7, 11) is 0. The second kappa shape index (κ2) is 7.77. The van der Waals surface area contributed by atoms with Crippen LogP contribution in [0.25, 0.3) is 10.9 Å². The van der Waals surface area contributed by atoms with Crippen molar-refractivity contribution in [1.82, 2.24) is 9.88 Å². The molecular weight excluding hydrogens is 332 g/mol. The maximum atomic E-state index is 9.65. The van der Waals surface area contributed by atoms with Crippen LogP contribution in [-0.2, 0) is 6.54 Å². The van der Waals surface area contributed by atoms with E-state index in [0.29, 0.717) is 11.6 Å². The molecule has 1 aliphatic heterocycles. The predicted octanol–water partition coefficient (Wildman–Crippen LogP) is 4.21. The molecule has 0 amide bonds. The summed E-state index contributed by atoms with van der Waals surface area (Å²) in [6, 6.07) is 21.6. The molecule has 2 aromatic carbocycles. The number of hydrogen-bond acceptors (Lipinski definition) is 4. The fraction of sp³-hybridized carbons (Fsp3) is 0.304. The lowest BCUT2D eigenvalue weighted by atomic mass is 10.1.